The molecule has 0 aliphatic heterocycles. The maximum absolute atomic E-state index is 11.8. The van der Waals surface area contributed by atoms with E-state index in [-0.39, 0.29) is 13.2 Å². The fraction of sp³-hybridized carbons (Fsp3) is 0.118. The first-order chi connectivity index (χ1) is 10.7. The lowest BCUT2D eigenvalue weighted by molar-refractivity contribution is 0.201. The summed E-state index contributed by atoms with van der Waals surface area (Å²) in [6.07, 6.45) is 0. The number of benzene rings is 2. The maximum atomic E-state index is 11.8. The SMILES string of the molecule is O=c1cc(-c2ccccc2)c2cc(Cl)c(OCCO)cc2o1. The molecule has 0 fully saturated rings. The van der Waals surface area contributed by atoms with Crippen LogP contribution in [0.4, 0.5) is 0 Å². The summed E-state index contributed by atoms with van der Waals surface area (Å²) in [4.78, 5) is 11.8. The van der Waals surface area contributed by atoms with E-state index in [1.165, 1.54) is 6.07 Å². The quantitative estimate of drug-likeness (QED) is 0.749. The maximum Gasteiger partial charge on any atom is 0.336 e. The van der Waals surface area contributed by atoms with Gasteiger partial charge in [-0.15, -0.1) is 0 Å². The minimum absolute atomic E-state index is 0.119. The van der Waals surface area contributed by atoms with E-state index in [0.29, 0.717) is 16.4 Å². The highest BCUT2D eigenvalue weighted by Gasteiger charge is 2.12. The molecule has 22 heavy (non-hydrogen) atoms. The van der Waals surface area contributed by atoms with Crippen LogP contribution in [0.1, 0.15) is 0 Å². The van der Waals surface area contributed by atoms with Crippen LogP contribution in [0.2, 0.25) is 5.02 Å². The minimum atomic E-state index is -0.443. The Morgan fingerprint density at radius 2 is 1.91 bits per heavy atom. The van der Waals surface area contributed by atoms with Gasteiger partial charge in [0.25, 0.3) is 0 Å². The van der Waals surface area contributed by atoms with Crippen molar-refractivity contribution < 1.29 is 14.3 Å². The second-order valence-electron chi connectivity index (χ2n) is 4.70. The molecule has 0 bridgehead atoms. The van der Waals surface area contributed by atoms with Crippen LogP contribution in [0.15, 0.2) is 57.7 Å². The zero-order chi connectivity index (χ0) is 15.5. The lowest BCUT2D eigenvalue weighted by atomic mass is 10.0. The van der Waals surface area contributed by atoms with Crippen molar-refractivity contribution in [3.8, 4) is 16.9 Å². The van der Waals surface area contributed by atoms with Gasteiger partial charge in [0.05, 0.1) is 11.6 Å². The monoisotopic (exact) mass is 316 g/mol. The molecule has 4 nitrogen and oxygen atoms in total. The normalized spacial score (nSPS) is 10.8. The fourth-order valence-electron chi connectivity index (χ4n) is 2.29. The zero-order valence-corrected chi connectivity index (χ0v) is 12.3. The molecular formula is C17H13ClO4. The second-order valence-corrected chi connectivity index (χ2v) is 5.10. The summed E-state index contributed by atoms with van der Waals surface area (Å²) < 4.78 is 10.6. The predicted octanol–water partition coefficient (Wildman–Crippen LogP) is 3.48. The number of fused-ring (bicyclic) bond motifs is 1. The average molecular weight is 317 g/mol. The van der Waals surface area contributed by atoms with Crippen molar-refractivity contribution in [1.82, 2.24) is 0 Å². The highest BCUT2D eigenvalue weighted by Crippen LogP contribution is 2.34. The van der Waals surface area contributed by atoms with E-state index < -0.39 is 5.63 Å². The molecule has 2 aromatic carbocycles. The van der Waals surface area contributed by atoms with Crippen molar-refractivity contribution in [2.75, 3.05) is 13.2 Å². The Kier molecular flexibility index (Phi) is 4.13. The Labute approximate surface area is 131 Å². The Balaban J connectivity index is 2.22. The van der Waals surface area contributed by atoms with E-state index in [4.69, 9.17) is 25.9 Å². The van der Waals surface area contributed by atoms with Gasteiger partial charge in [0.15, 0.2) is 0 Å². The van der Waals surface area contributed by atoms with Gasteiger partial charge in [-0.25, -0.2) is 4.79 Å². The molecule has 0 spiro atoms. The lowest BCUT2D eigenvalue weighted by Crippen LogP contribution is -2.03. The van der Waals surface area contributed by atoms with Crippen molar-refractivity contribution in [3.05, 3.63) is 64.0 Å². The van der Waals surface area contributed by atoms with Gasteiger partial charge >= 0.3 is 5.63 Å². The van der Waals surface area contributed by atoms with E-state index in [2.05, 4.69) is 0 Å². The van der Waals surface area contributed by atoms with E-state index in [1.807, 2.05) is 30.3 Å². The summed E-state index contributed by atoms with van der Waals surface area (Å²) in [5.41, 5.74) is 1.61. The van der Waals surface area contributed by atoms with Crippen molar-refractivity contribution in [2.45, 2.75) is 0 Å². The van der Waals surface area contributed by atoms with Gasteiger partial charge in [-0.05, 0) is 17.2 Å². The smallest absolute Gasteiger partial charge is 0.336 e. The minimum Gasteiger partial charge on any atom is -0.489 e. The van der Waals surface area contributed by atoms with Gasteiger partial charge in [0.2, 0.25) is 0 Å². The Morgan fingerprint density at radius 1 is 1.14 bits per heavy atom. The highest BCUT2D eigenvalue weighted by molar-refractivity contribution is 6.33. The van der Waals surface area contributed by atoms with Gasteiger partial charge in [0.1, 0.15) is 17.9 Å². The number of rotatable bonds is 4. The molecule has 0 unspecified atom stereocenters. The van der Waals surface area contributed by atoms with Crippen LogP contribution in [0.3, 0.4) is 0 Å². The fourth-order valence-corrected chi connectivity index (χ4v) is 2.50. The van der Waals surface area contributed by atoms with Gasteiger partial charge in [-0.3, -0.25) is 0 Å². The number of ether oxygens (including phenoxy) is 1. The van der Waals surface area contributed by atoms with Crippen molar-refractivity contribution in [3.63, 3.8) is 0 Å². The zero-order valence-electron chi connectivity index (χ0n) is 11.6. The van der Waals surface area contributed by atoms with Gasteiger partial charge < -0.3 is 14.3 Å². The summed E-state index contributed by atoms with van der Waals surface area (Å²) in [5.74, 6) is 0.372. The molecule has 112 valence electrons. The van der Waals surface area contributed by atoms with E-state index in [1.54, 1.807) is 12.1 Å². The first-order valence-corrected chi connectivity index (χ1v) is 7.13. The third-order valence-electron chi connectivity index (χ3n) is 3.23. The lowest BCUT2D eigenvalue weighted by Gasteiger charge is -2.10. The Morgan fingerprint density at radius 3 is 2.64 bits per heavy atom. The molecule has 0 saturated heterocycles. The van der Waals surface area contributed by atoms with Crippen LogP contribution in [0.5, 0.6) is 5.75 Å². The average Bonchev–Trinajstić information content (AvgIpc) is 2.53. The predicted molar refractivity (Wildman–Crippen MR) is 85.5 cm³/mol. The second kappa shape index (κ2) is 6.22. The first-order valence-electron chi connectivity index (χ1n) is 6.75. The summed E-state index contributed by atoms with van der Waals surface area (Å²) in [7, 11) is 0. The largest absolute Gasteiger partial charge is 0.489 e. The molecule has 3 rings (SSSR count). The Bertz CT molecular complexity index is 856. The van der Waals surface area contributed by atoms with E-state index in [9.17, 15) is 4.79 Å². The number of hydrogen-bond acceptors (Lipinski definition) is 4. The first kappa shape index (κ1) is 14.6. The van der Waals surface area contributed by atoms with Crippen molar-refractivity contribution in [1.29, 1.82) is 0 Å². The molecule has 1 aromatic heterocycles. The molecule has 0 aliphatic rings. The summed E-state index contributed by atoms with van der Waals surface area (Å²) >= 11 is 6.21. The van der Waals surface area contributed by atoms with Gasteiger partial charge in [-0.1, -0.05) is 41.9 Å². The van der Waals surface area contributed by atoms with Crippen LogP contribution in [0.25, 0.3) is 22.1 Å². The van der Waals surface area contributed by atoms with Crippen LogP contribution in [0, 0.1) is 0 Å². The molecule has 0 atom stereocenters. The molecule has 1 N–H and O–H groups in total. The molecule has 3 aromatic rings. The summed E-state index contributed by atoms with van der Waals surface area (Å²) in [5, 5.41) is 9.95. The summed E-state index contributed by atoms with van der Waals surface area (Å²) in [6.45, 7) is -0.00377. The molecule has 0 amide bonds. The van der Waals surface area contributed by atoms with Crippen LogP contribution < -0.4 is 10.4 Å². The number of hydrogen-bond donors (Lipinski definition) is 1. The van der Waals surface area contributed by atoms with Crippen LogP contribution in [-0.4, -0.2) is 18.3 Å². The van der Waals surface area contributed by atoms with E-state index in [0.717, 1.165) is 16.5 Å². The summed E-state index contributed by atoms with van der Waals surface area (Å²) in [6, 6.07) is 14.3. The molecular weight excluding hydrogens is 304 g/mol. The van der Waals surface area contributed by atoms with Crippen molar-refractivity contribution in [2.24, 2.45) is 0 Å². The third kappa shape index (κ3) is 2.84. The molecule has 1 heterocycles. The molecule has 0 radical (unpaired) electrons. The number of aliphatic hydroxyl groups excluding tert-OH is 1. The Hall–Kier alpha value is -2.30. The van der Waals surface area contributed by atoms with Gasteiger partial charge in [-0.2, -0.15) is 0 Å². The van der Waals surface area contributed by atoms with Crippen LogP contribution in [-0.2, 0) is 0 Å². The molecule has 0 aliphatic carbocycles. The molecule has 5 heteroatoms. The third-order valence-corrected chi connectivity index (χ3v) is 3.53. The van der Waals surface area contributed by atoms with Crippen molar-refractivity contribution >= 4 is 22.6 Å². The number of halogens is 1. The van der Waals surface area contributed by atoms with Crippen LogP contribution >= 0.6 is 11.6 Å². The number of aliphatic hydroxyl groups is 1. The van der Waals surface area contributed by atoms with E-state index >= 15 is 0 Å². The highest BCUT2D eigenvalue weighted by atomic mass is 35.5. The molecule has 0 saturated carbocycles. The van der Waals surface area contributed by atoms with Gasteiger partial charge in [0, 0.05) is 17.5 Å². The topological polar surface area (TPSA) is 59.7 Å². The standard InChI is InChI=1S/C17H13ClO4/c18-14-8-13-12(11-4-2-1-3-5-11)9-17(20)22-15(13)10-16(14)21-7-6-19/h1-5,8-10,19H,6-7H2.